The molecule has 1 aromatic rings. The van der Waals surface area contributed by atoms with Gasteiger partial charge in [-0.15, -0.1) is 0 Å². The number of hydrogen-bond acceptors (Lipinski definition) is 3. The standard InChI is InChI=1S/C11H17N3/c1-8(9-2-4-13-5-3-9)14-11-6-10(12)7-11/h2-5,8,10-11,14H,6-7,12H2,1H3. The summed E-state index contributed by atoms with van der Waals surface area (Å²) in [7, 11) is 0. The van der Waals surface area contributed by atoms with Crippen LogP contribution < -0.4 is 11.1 Å². The number of pyridine rings is 1. The van der Waals surface area contributed by atoms with Crippen molar-refractivity contribution in [2.24, 2.45) is 5.73 Å². The number of rotatable bonds is 3. The fraction of sp³-hybridized carbons (Fsp3) is 0.545. The van der Waals surface area contributed by atoms with E-state index < -0.39 is 0 Å². The zero-order valence-electron chi connectivity index (χ0n) is 8.48. The number of nitrogens with zero attached hydrogens (tertiary/aromatic N) is 1. The van der Waals surface area contributed by atoms with Crippen LogP contribution in [0.25, 0.3) is 0 Å². The van der Waals surface area contributed by atoms with E-state index in [0.717, 1.165) is 12.8 Å². The average molecular weight is 191 g/mol. The molecule has 2 rings (SSSR count). The van der Waals surface area contributed by atoms with Gasteiger partial charge in [-0.1, -0.05) is 0 Å². The number of hydrogen-bond donors (Lipinski definition) is 2. The van der Waals surface area contributed by atoms with Crippen LogP contribution in [-0.4, -0.2) is 17.1 Å². The Kier molecular flexibility index (Phi) is 2.79. The maximum atomic E-state index is 5.73. The molecule has 0 aromatic carbocycles. The van der Waals surface area contributed by atoms with Gasteiger partial charge in [0.25, 0.3) is 0 Å². The second-order valence-corrected chi connectivity index (χ2v) is 4.10. The first-order chi connectivity index (χ1) is 6.75. The largest absolute Gasteiger partial charge is 0.328 e. The summed E-state index contributed by atoms with van der Waals surface area (Å²) in [6.45, 7) is 2.18. The van der Waals surface area contributed by atoms with Gasteiger partial charge in [0.05, 0.1) is 0 Å². The quantitative estimate of drug-likeness (QED) is 0.755. The van der Waals surface area contributed by atoms with Crippen LogP contribution in [0, 0.1) is 0 Å². The lowest BCUT2D eigenvalue weighted by Crippen LogP contribution is -2.49. The molecular weight excluding hydrogens is 174 g/mol. The molecule has 14 heavy (non-hydrogen) atoms. The van der Waals surface area contributed by atoms with Crippen molar-refractivity contribution in [1.82, 2.24) is 10.3 Å². The van der Waals surface area contributed by atoms with Gasteiger partial charge in [0.1, 0.15) is 0 Å². The lowest BCUT2D eigenvalue weighted by atomic mass is 9.87. The van der Waals surface area contributed by atoms with Gasteiger partial charge < -0.3 is 11.1 Å². The Morgan fingerprint density at radius 3 is 2.64 bits per heavy atom. The zero-order valence-corrected chi connectivity index (χ0v) is 8.48. The summed E-state index contributed by atoms with van der Waals surface area (Å²) in [6, 6.07) is 5.52. The summed E-state index contributed by atoms with van der Waals surface area (Å²) in [4.78, 5) is 4.01. The van der Waals surface area contributed by atoms with Crippen molar-refractivity contribution < 1.29 is 0 Å². The highest BCUT2D eigenvalue weighted by atomic mass is 15.0. The third kappa shape index (κ3) is 2.11. The van der Waals surface area contributed by atoms with E-state index in [-0.39, 0.29) is 0 Å². The van der Waals surface area contributed by atoms with Gasteiger partial charge in [-0.05, 0) is 37.5 Å². The van der Waals surface area contributed by atoms with Gasteiger partial charge in [0.15, 0.2) is 0 Å². The molecule has 3 nitrogen and oxygen atoms in total. The summed E-state index contributed by atoms with van der Waals surface area (Å²) in [5.74, 6) is 0. The SMILES string of the molecule is CC(NC1CC(N)C1)c1ccncc1. The second kappa shape index (κ2) is 4.07. The van der Waals surface area contributed by atoms with E-state index in [0.29, 0.717) is 18.1 Å². The topological polar surface area (TPSA) is 50.9 Å². The summed E-state index contributed by atoms with van der Waals surface area (Å²) < 4.78 is 0. The Morgan fingerprint density at radius 1 is 1.43 bits per heavy atom. The van der Waals surface area contributed by atoms with Crippen molar-refractivity contribution in [2.45, 2.75) is 37.9 Å². The molecule has 0 saturated heterocycles. The molecule has 1 aliphatic rings. The van der Waals surface area contributed by atoms with Crippen molar-refractivity contribution >= 4 is 0 Å². The van der Waals surface area contributed by atoms with Crippen LogP contribution in [0.3, 0.4) is 0 Å². The van der Waals surface area contributed by atoms with Gasteiger partial charge in [-0.3, -0.25) is 4.98 Å². The molecule has 3 heteroatoms. The van der Waals surface area contributed by atoms with Crippen molar-refractivity contribution in [1.29, 1.82) is 0 Å². The summed E-state index contributed by atoms with van der Waals surface area (Å²) >= 11 is 0. The molecule has 1 atom stereocenters. The van der Waals surface area contributed by atoms with Crippen LogP contribution in [0.15, 0.2) is 24.5 Å². The molecule has 0 radical (unpaired) electrons. The molecule has 0 spiro atoms. The third-order valence-electron chi connectivity index (χ3n) is 2.87. The van der Waals surface area contributed by atoms with Gasteiger partial charge >= 0.3 is 0 Å². The Bertz CT molecular complexity index is 280. The normalized spacial score (nSPS) is 28.1. The van der Waals surface area contributed by atoms with E-state index in [2.05, 4.69) is 29.4 Å². The molecule has 1 saturated carbocycles. The van der Waals surface area contributed by atoms with Gasteiger partial charge in [-0.25, -0.2) is 0 Å². The smallest absolute Gasteiger partial charge is 0.0295 e. The molecule has 0 aliphatic heterocycles. The summed E-state index contributed by atoms with van der Waals surface area (Å²) in [5, 5.41) is 3.56. The molecular formula is C11H17N3. The predicted molar refractivity (Wildman–Crippen MR) is 56.8 cm³/mol. The van der Waals surface area contributed by atoms with Crippen molar-refractivity contribution in [2.75, 3.05) is 0 Å². The van der Waals surface area contributed by atoms with Crippen molar-refractivity contribution in [3.63, 3.8) is 0 Å². The van der Waals surface area contributed by atoms with Crippen LogP contribution >= 0.6 is 0 Å². The van der Waals surface area contributed by atoms with Crippen LogP contribution in [0.4, 0.5) is 0 Å². The maximum Gasteiger partial charge on any atom is 0.0295 e. The minimum absolute atomic E-state index is 0.399. The Morgan fingerprint density at radius 2 is 2.07 bits per heavy atom. The second-order valence-electron chi connectivity index (χ2n) is 4.10. The number of nitrogens with one attached hydrogen (secondary N) is 1. The Labute approximate surface area is 84.7 Å². The van der Waals surface area contributed by atoms with Crippen LogP contribution in [-0.2, 0) is 0 Å². The van der Waals surface area contributed by atoms with Crippen LogP contribution in [0.2, 0.25) is 0 Å². The first-order valence-corrected chi connectivity index (χ1v) is 5.17. The fourth-order valence-corrected chi connectivity index (χ4v) is 1.90. The van der Waals surface area contributed by atoms with E-state index in [4.69, 9.17) is 5.73 Å². The van der Waals surface area contributed by atoms with Crippen LogP contribution in [0.1, 0.15) is 31.4 Å². The van der Waals surface area contributed by atoms with Gasteiger partial charge in [0.2, 0.25) is 0 Å². The molecule has 76 valence electrons. The minimum Gasteiger partial charge on any atom is -0.328 e. The highest BCUT2D eigenvalue weighted by Crippen LogP contribution is 2.21. The lowest BCUT2D eigenvalue weighted by molar-refractivity contribution is 0.272. The van der Waals surface area contributed by atoms with Crippen molar-refractivity contribution in [3.8, 4) is 0 Å². The zero-order chi connectivity index (χ0) is 9.97. The predicted octanol–water partition coefficient (Wildman–Crippen LogP) is 1.22. The molecule has 1 fully saturated rings. The summed E-state index contributed by atoms with van der Waals surface area (Å²) in [6.07, 6.45) is 5.88. The van der Waals surface area contributed by atoms with Crippen LogP contribution in [0.5, 0.6) is 0 Å². The van der Waals surface area contributed by atoms with Crippen molar-refractivity contribution in [3.05, 3.63) is 30.1 Å². The molecule has 0 bridgehead atoms. The fourth-order valence-electron chi connectivity index (χ4n) is 1.90. The highest BCUT2D eigenvalue weighted by molar-refractivity contribution is 5.14. The van der Waals surface area contributed by atoms with E-state index >= 15 is 0 Å². The van der Waals surface area contributed by atoms with E-state index in [1.807, 2.05) is 12.4 Å². The Balaban J connectivity index is 1.87. The minimum atomic E-state index is 0.399. The first-order valence-electron chi connectivity index (χ1n) is 5.17. The highest BCUT2D eigenvalue weighted by Gasteiger charge is 2.26. The molecule has 1 unspecified atom stereocenters. The van der Waals surface area contributed by atoms with E-state index in [1.165, 1.54) is 5.56 Å². The molecule has 1 aliphatic carbocycles. The molecule has 1 aromatic heterocycles. The monoisotopic (exact) mass is 191 g/mol. The lowest BCUT2D eigenvalue weighted by Gasteiger charge is -2.35. The molecule has 1 heterocycles. The number of aromatic nitrogens is 1. The average Bonchev–Trinajstić information content (AvgIpc) is 2.17. The Hall–Kier alpha value is -0.930. The van der Waals surface area contributed by atoms with E-state index in [9.17, 15) is 0 Å². The molecule has 0 amide bonds. The first kappa shape index (κ1) is 9.62. The van der Waals surface area contributed by atoms with Gasteiger partial charge in [0, 0.05) is 30.5 Å². The molecule has 3 N–H and O–H groups in total. The maximum absolute atomic E-state index is 5.73. The van der Waals surface area contributed by atoms with Gasteiger partial charge in [-0.2, -0.15) is 0 Å². The third-order valence-corrected chi connectivity index (χ3v) is 2.87. The number of nitrogens with two attached hydrogens (primary N) is 1. The van der Waals surface area contributed by atoms with E-state index in [1.54, 1.807) is 0 Å². The summed E-state index contributed by atoms with van der Waals surface area (Å²) in [5.41, 5.74) is 7.03.